The third kappa shape index (κ3) is 2.87. The van der Waals surface area contributed by atoms with Crippen LogP contribution in [0.25, 0.3) is 0 Å². The molecule has 0 aliphatic heterocycles. The number of nitrogens with one attached hydrogen (secondary N) is 2. The fraction of sp³-hybridized carbons (Fsp3) is 0.900. The van der Waals surface area contributed by atoms with E-state index >= 15 is 0 Å². The highest BCUT2D eigenvalue weighted by molar-refractivity contribution is 5.73. The molecule has 4 heteroatoms. The first-order valence-corrected chi connectivity index (χ1v) is 5.38. The molecule has 1 saturated carbocycles. The molecular weight excluding hydrogens is 178 g/mol. The van der Waals surface area contributed by atoms with Crippen molar-refractivity contribution in [3.8, 4) is 0 Å². The molecule has 0 saturated heterocycles. The highest BCUT2D eigenvalue weighted by atomic mass is 16.2. The lowest BCUT2D eigenvalue weighted by molar-refractivity contribution is 0.188. The molecule has 4 nitrogen and oxygen atoms in total. The molecular formula is C10H21N3O. The van der Waals surface area contributed by atoms with E-state index in [0.717, 1.165) is 12.8 Å². The number of hydrogen-bond donors (Lipinski definition) is 3. The van der Waals surface area contributed by atoms with Crippen molar-refractivity contribution >= 4 is 6.03 Å². The molecule has 0 heterocycles. The van der Waals surface area contributed by atoms with Crippen molar-refractivity contribution in [1.82, 2.24) is 10.6 Å². The summed E-state index contributed by atoms with van der Waals surface area (Å²) in [5.74, 6) is 0. The monoisotopic (exact) mass is 199 g/mol. The van der Waals surface area contributed by atoms with Gasteiger partial charge in [0.1, 0.15) is 0 Å². The van der Waals surface area contributed by atoms with Gasteiger partial charge in [-0.1, -0.05) is 19.3 Å². The quantitative estimate of drug-likeness (QED) is 0.630. The molecule has 1 aliphatic carbocycles. The van der Waals surface area contributed by atoms with Crippen molar-refractivity contribution in [2.24, 2.45) is 11.1 Å². The third-order valence-electron chi connectivity index (χ3n) is 3.20. The van der Waals surface area contributed by atoms with Gasteiger partial charge in [-0.3, -0.25) is 0 Å². The lowest BCUT2D eigenvalue weighted by atomic mass is 9.74. The summed E-state index contributed by atoms with van der Waals surface area (Å²) in [5.41, 5.74) is 5.95. The van der Waals surface area contributed by atoms with Gasteiger partial charge in [0.15, 0.2) is 0 Å². The summed E-state index contributed by atoms with van der Waals surface area (Å²) in [6, 6.07) is -0.108. The maximum Gasteiger partial charge on any atom is 0.314 e. The first kappa shape index (κ1) is 11.3. The van der Waals surface area contributed by atoms with Gasteiger partial charge in [0.05, 0.1) is 0 Å². The molecule has 0 radical (unpaired) electrons. The molecule has 4 N–H and O–H groups in total. The summed E-state index contributed by atoms with van der Waals surface area (Å²) < 4.78 is 0. The molecule has 14 heavy (non-hydrogen) atoms. The van der Waals surface area contributed by atoms with Crippen molar-refractivity contribution in [2.45, 2.75) is 32.1 Å². The van der Waals surface area contributed by atoms with Gasteiger partial charge in [-0.25, -0.2) is 4.79 Å². The Morgan fingerprint density at radius 3 is 2.50 bits per heavy atom. The van der Waals surface area contributed by atoms with Gasteiger partial charge in [-0.2, -0.15) is 0 Å². The van der Waals surface area contributed by atoms with Crippen molar-refractivity contribution in [2.75, 3.05) is 20.1 Å². The second kappa shape index (κ2) is 5.20. The predicted molar refractivity (Wildman–Crippen MR) is 57.0 cm³/mol. The Kier molecular flexibility index (Phi) is 4.20. The Bertz CT molecular complexity index is 188. The van der Waals surface area contributed by atoms with Gasteiger partial charge in [-0.05, 0) is 19.4 Å². The minimum atomic E-state index is -0.108. The molecule has 82 valence electrons. The van der Waals surface area contributed by atoms with E-state index in [-0.39, 0.29) is 11.4 Å². The van der Waals surface area contributed by atoms with Crippen molar-refractivity contribution in [3.05, 3.63) is 0 Å². The zero-order valence-electron chi connectivity index (χ0n) is 8.94. The summed E-state index contributed by atoms with van der Waals surface area (Å²) in [6.07, 6.45) is 6.09. The van der Waals surface area contributed by atoms with Gasteiger partial charge < -0.3 is 16.4 Å². The minimum absolute atomic E-state index is 0.108. The second-order valence-corrected chi connectivity index (χ2v) is 4.20. The number of urea groups is 1. The van der Waals surface area contributed by atoms with Crippen molar-refractivity contribution in [3.63, 3.8) is 0 Å². The molecule has 0 unspecified atom stereocenters. The molecule has 1 aliphatic rings. The number of carbonyl (C=O) groups excluding carboxylic acids is 1. The van der Waals surface area contributed by atoms with Crippen LogP contribution in [0.1, 0.15) is 32.1 Å². The van der Waals surface area contributed by atoms with Crippen molar-refractivity contribution in [1.29, 1.82) is 0 Å². The van der Waals surface area contributed by atoms with E-state index in [0.29, 0.717) is 13.1 Å². The van der Waals surface area contributed by atoms with Gasteiger partial charge in [0.2, 0.25) is 0 Å². The standard InChI is InChI=1S/C10H21N3O/c1-12-9(14)13-8-10(7-11)5-3-2-4-6-10/h2-8,11H2,1H3,(H2,12,13,14). The Morgan fingerprint density at radius 1 is 1.36 bits per heavy atom. The Morgan fingerprint density at radius 2 is 2.00 bits per heavy atom. The summed E-state index contributed by atoms with van der Waals surface area (Å²) in [5, 5.41) is 5.42. The summed E-state index contributed by atoms with van der Waals surface area (Å²) in [4.78, 5) is 11.0. The van der Waals surface area contributed by atoms with Crippen LogP contribution in [0.2, 0.25) is 0 Å². The molecule has 0 aromatic carbocycles. The average Bonchev–Trinajstić information content (AvgIpc) is 2.27. The first-order chi connectivity index (χ1) is 6.72. The normalized spacial score (nSPS) is 20.1. The van der Waals surface area contributed by atoms with Crippen LogP contribution >= 0.6 is 0 Å². The predicted octanol–water partition coefficient (Wildman–Crippen LogP) is 0.825. The fourth-order valence-electron chi connectivity index (χ4n) is 2.11. The van der Waals surface area contributed by atoms with Gasteiger partial charge in [-0.15, -0.1) is 0 Å². The topological polar surface area (TPSA) is 67.2 Å². The zero-order valence-corrected chi connectivity index (χ0v) is 8.94. The van der Waals surface area contributed by atoms with E-state index in [1.165, 1.54) is 19.3 Å². The SMILES string of the molecule is CNC(=O)NCC1(CN)CCCCC1. The smallest absolute Gasteiger partial charge is 0.314 e. The van der Waals surface area contributed by atoms with E-state index in [1.807, 2.05) is 0 Å². The Labute approximate surface area is 85.6 Å². The summed E-state index contributed by atoms with van der Waals surface area (Å²) >= 11 is 0. The van der Waals surface area contributed by atoms with Crippen LogP contribution in [0.5, 0.6) is 0 Å². The van der Waals surface area contributed by atoms with Crippen LogP contribution in [-0.2, 0) is 0 Å². The first-order valence-electron chi connectivity index (χ1n) is 5.38. The zero-order chi connectivity index (χ0) is 10.4. The average molecular weight is 199 g/mol. The van der Waals surface area contributed by atoms with E-state index < -0.39 is 0 Å². The van der Waals surface area contributed by atoms with E-state index in [9.17, 15) is 4.79 Å². The number of rotatable bonds is 3. The molecule has 2 amide bonds. The van der Waals surface area contributed by atoms with Crippen molar-refractivity contribution < 1.29 is 4.79 Å². The van der Waals surface area contributed by atoms with Crippen LogP contribution < -0.4 is 16.4 Å². The summed E-state index contributed by atoms with van der Waals surface area (Å²) in [7, 11) is 1.63. The second-order valence-electron chi connectivity index (χ2n) is 4.20. The molecule has 0 bridgehead atoms. The number of hydrogen-bond acceptors (Lipinski definition) is 2. The maximum atomic E-state index is 11.0. The minimum Gasteiger partial charge on any atom is -0.341 e. The molecule has 0 aromatic heterocycles. The largest absolute Gasteiger partial charge is 0.341 e. The van der Waals surface area contributed by atoms with Gasteiger partial charge >= 0.3 is 6.03 Å². The van der Waals surface area contributed by atoms with Crippen LogP contribution in [0.15, 0.2) is 0 Å². The van der Waals surface area contributed by atoms with E-state index in [4.69, 9.17) is 5.73 Å². The maximum absolute atomic E-state index is 11.0. The van der Waals surface area contributed by atoms with E-state index in [2.05, 4.69) is 10.6 Å². The number of amides is 2. The van der Waals surface area contributed by atoms with Gasteiger partial charge in [0.25, 0.3) is 0 Å². The fourth-order valence-corrected chi connectivity index (χ4v) is 2.11. The number of nitrogens with two attached hydrogens (primary N) is 1. The number of carbonyl (C=O) groups is 1. The molecule has 0 spiro atoms. The Hall–Kier alpha value is -0.770. The van der Waals surface area contributed by atoms with Gasteiger partial charge in [0, 0.05) is 19.0 Å². The summed E-state index contributed by atoms with van der Waals surface area (Å²) in [6.45, 7) is 1.39. The highest BCUT2D eigenvalue weighted by Gasteiger charge is 2.30. The molecule has 1 rings (SSSR count). The van der Waals surface area contributed by atoms with Crippen LogP contribution in [-0.4, -0.2) is 26.2 Å². The lowest BCUT2D eigenvalue weighted by Crippen LogP contribution is -2.46. The Balaban J connectivity index is 2.39. The molecule has 0 aromatic rings. The molecule has 0 atom stereocenters. The molecule has 1 fully saturated rings. The van der Waals surface area contributed by atoms with Crippen LogP contribution in [0.3, 0.4) is 0 Å². The van der Waals surface area contributed by atoms with E-state index in [1.54, 1.807) is 7.05 Å². The lowest BCUT2D eigenvalue weighted by Gasteiger charge is -2.36. The van der Waals surface area contributed by atoms with Crippen LogP contribution in [0, 0.1) is 5.41 Å². The highest BCUT2D eigenvalue weighted by Crippen LogP contribution is 2.34. The third-order valence-corrected chi connectivity index (χ3v) is 3.20. The van der Waals surface area contributed by atoms with Crippen LogP contribution in [0.4, 0.5) is 4.79 Å².